The summed E-state index contributed by atoms with van der Waals surface area (Å²) in [5.74, 6) is -0.307. The predicted octanol–water partition coefficient (Wildman–Crippen LogP) is 10.9. The molecule has 98 heavy (non-hydrogen) atoms. The van der Waals surface area contributed by atoms with Crippen molar-refractivity contribution in [3.63, 3.8) is 0 Å². The van der Waals surface area contributed by atoms with Crippen LogP contribution >= 0.6 is 0 Å². The minimum absolute atomic E-state index is 0.211. The third-order valence-electron chi connectivity index (χ3n) is 17.0. The smallest absolute Gasteiger partial charge is 0.220 e. The molecule has 3 fully saturated rings. The maximum atomic E-state index is 13.4. The molecule has 17 atom stereocenters. The summed E-state index contributed by atoms with van der Waals surface area (Å²) in [6, 6.07) is -1.01. The topological polar surface area (TPSA) is 307 Å². The average molecular weight is 1380 g/mol. The fourth-order valence-corrected chi connectivity index (χ4v) is 11.1. The van der Waals surface area contributed by atoms with E-state index in [9.17, 15) is 61.0 Å². The minimum Gasteiger partial charge on any atom is -0.394 e. The predicted molar refractivity (Wildman–Crippen MR) is 387 cm³/mol. The van der Waals surface area contributed by atoms with Crippen molar-refractivity contribution in [1.82, 2.24) is 5.32 Å². The van der Waals surface area contributed by atoms with Crippen molar-refractivity contribution in [2.45, 2.75) is 304 Å². The van der Waals surface area contributed by atoms with Gasteiger partial charge in [0.2, 0.25) is 5.91 Å². The maximum Gasteiger partial charge on any atom is 0.220 e. The Morgan fingerprint density at radius 3 is 1.14 bits per heavy atom. The number of hydrogen-bond acceptors (Lipinski definition) is 18. The van der Waals surface area contributed by atoms with Crippen LogP contribution in [0.5, 0.6) is 0 Å². The summed E-state index contributed by atoms with van der Waals surface area (Å²) >= 11 is 0. The summed E-state index contributed by atoms with van der Waals surface area (Å²) in [5.41, 5.74) is 0. The van der Waals surface area contributed by atoms with E-state index in [0.717, 1.165) is 135 Å². The van der Waals surface area contributed by atoms with Crippen LogP contribution in [0.2, 0.25) is 0 Å². The van der Waals surface area contributed by atoms with Crippen LogP contribution in [0.3, 0.4) is 0 Å². The molecular formula is C79H127NO18. The van der Waals surface area contributed by atoms with Gasteiger partial charge in [0.25, 0.3) is 0 Å². The number of rotatable bonds is 54. The lowest BCUT2D eigenvalue weighted by Gasteiger charge is -2.48. The van der Waals surface area contributed by atoms with Crippen molar-refractivity contribution < 1.29 is 89.4 Å². The molecule has 0 radical (unpaired) electrons. The van der Waals surface area contributed by atoms with Crippen molar-refractivity contribution in [2.75, 3.05) is 26.4 Å². The van der Waals surface area contributed by atoms with Gasteiger partial charge in [-0.3, -0.25) is 4.79 Å². The van der Waals surface area contributed by atoms with Gasteiger partial charge >= 0.3 is 0 Å². The molecule has 12 N–H and O–H groups in total. The lowest BCUT2D eigenvalue weighted by Crippen LogP contribution is -2.66. The van der Waals surface area contributed by atoms with E-state index in [-0.39, 0.29) is 18.9 Å². The zero-order valence-corrected chi connectivity index (χ0v) is 58.9. The standard InChI is InChI=1S/C79H127NO18/c1-3-5-7-9-11-13-15-17-19-20-21-22-23-24-25-26-27-28-29-30-31-32-33-34-35-36-37-38-39-40-41-42-43-45-47-49-51-53-55-57-67(85)80-62(63(84)56-54-52-50-48-46-44-18-16-14-12-10-8-6-4-2)61-93-77-73(91)70(88)75(65(59-82)95-77)98-79-74(92)71(89)76(66(60-83)96-79)97-78-72(90)69(87)68(86)64(58-81)94-78/h5,7,11,13-14,16-17,19,21-22,24-25,27-28,30-31,33-34,36-37,39-40,46,48,54,56,62-66,68-79,81-84,86-92H,3-4,6,8-10,12,15,18,20,23,26,29,32,35,38,41-45,47,49-53,55,57-61H2,1-2H3,(H,80,85)/b7-5-,13-11-,16-14+,19-17-,22-21-,25-24-,28-27-,31-30-,34-33-,37-36-,40-39-,48-46+,56-54+. The number of ether oxygens (including phenoxy) is 6. The average Bonchev–Trinajstić information content (AvgIpc) is 0.785. The van der Waals surface area contributed by atoms with Gasteiger partial charge in [-0.25, -0.2) is 0 Å². The van der Waals surface area contributed by atoms with E-state index in [1.165, 1.54) is 32.1 Å². The number of carbonyl (C=O) groups is 1. The molecule has 19 nitrogen and oxygen atoms in total. The van der Waals surface area contributed by atoms with Gasteiger partial charge in [-0.2, -0.15) is 0 Å². The van der Waals surface area contributed by atoms with Crippen LogP contribution in [0.25, 0.3) is 0 Å². The Balaban J connectivity index is 1.36. The highest BCUT2D eigenvalue weighted by Crippen LogP contribution is 2.33. The quantitative estimate of drug-likeness (QED) is 0.0199. The summed E-state index contributed by atoms with van der Waals surface area (Å²) < 4.78 is 34.3. The molecule has 3 saturated heterocycles. The van der Waals surface area contributed by atoms with Gasteiger partial charge < -0.3 is 89.9 Å². The number of aliphatic hydroxyl groups is 11. The summed E-state index contributed by atoms with van der Waals surface area (Å²) in [6.45, 7) is 1.53. The highest BCUT2D eigenvalue weighted by molar-refractivity contribution is 5.76. The van der Waals surface area contributed by atoms with Gasteiger partial charge in [0.05, 0.1) is 38.6 Å². The number of unbranched alkanes of at least 4 members (excludes halogenated alkanes) is 14. The first-order chi connectivity index (χ1) is 47.8. The number of aliphatic hydroxyl groups excluding tert-OH is 11. The third-order valence-corrected chi connectivity index (χ3v) is 17.0. The van der Waals surface area contributed by atoms with E-state index in [4.69, 9.17) is 28.4 Å². The summed E-state index contributed by atoms with van der Waals surface area (Å²) in [7, 11) is 0. The second-order valence-electron chi connectivity index (χ2n) is 25.3. The largest absolute Gasteiger partial charge is 0.394 e. The molecule has 19 heteroatoms. The minimum atomic E-state index is -1.99. The van der Waals surface area contributed by atoms with Crippen molar-refractivity contribution in [3.05, 3.63) is 158 Å². The van der Waals surface area contributed by atoms with E-state index in [2.05, 4.69) is 165 Å². The Bertz CT molecular complexity index is 2390. The first-order valence-electron chi connectivity index (χ1n) is 36.7. The molecule has 3 aliphatic rings. The van der Waals surface area contributed by atoms with E-state index in [1.807, 2.05) is 6.08 Å². The molecule has 556 valence electrons. The lowest BCUT2D eigenvalue weighted by molar-refractivity contribution is -0.379. The van der Waals surface area contributed by atoms with Gasteiger partial charge in [-0.15, -0.1) is 0 Å². The maximum absolute atomic E-state index is 13.4. The molecule has 17 unspecified atom stereocenters. The molecule has 0 bridgehead atoms. The Kier molecular flexibility index (Phi) is 51.8. The normalized spacial score (nSPS) is 27.7. The third kappa shape index (κ3) is 38.4. The van der Waals surface area contributed by atoms with Gasteiger partial charge in [-0.05, 0) is 122 Å². The van der Waals surface area contributed by atoms with Gasteiger partial charge in [0, 0.05) is 6.42 Å². The van der Waals surface area contributed by atoms with Gasteiger partial charge in [0.1, 0.15) is 73.2 Å². The van der Waals surface area contributed by atoms with Gasteiger partial charge in [0.15, 0.2) is 18.9 Å². The number of hydrogen-bond donors (Lipinski definition) is 12. The van der Waals surface area contributed by atoms with Crippen LogP contribution in [0.15, 0.2) is 158 Å². The zero-order chi connectivity index (χ0) is 71.1. The van der Waals surface area contributed by atoms with Crippen LogP contribution in [0.4, 0.5) is 0 Å². The second kappa shape index (κ2) is 58.0. The van der Waals surface area contributed by atoms with E-state index >= 15 is 0 Å². The van der Waals surface area contributed by atoms with E-state index in [1.54, 1.807) is 6.08 Å². The molecule has 0 aliphatic carbocycles. The molecule has 0 aromatic carbocycles. The Labute approximate surface area is 586 Å². The van der Waals surface area contributed by atoms with Crippen LogP contribution in [-0.4, -0.2) is 193 Å². The molecule has 0 spiro atoms. The van der Waals surface area contributed by atoms with Crippen LogP contribution in [0, 0.1) is 0 Å². The van der Waals surface area contributed by atoms with Crippen LogP contribution in [-0.2, 0) is 33.2 Å². The number of amides is 1. The molecule has 0 aromatic heterocycles. The Morgan fingerprint density at radius 1 is 0.378 bits per heavy atom. The Hall–Kier alpha value is -4.59. The van der Waals surface area contributed by atoms with Crippen molar-refractivity contribution in [3.8, 4) is 0 Å². The molecule has 0 aromatic rings. The van der Waals surface area contributed by atoms with Crippen molar-refractivity contribution in [2.24, 2.45) is 0 Å². The number of nitrogens with one attached hydrogen (secondary N) is 1. The van der Waals surface area contributed by atoms with E-state index in [0.29, 0.717) is 12.8 Å². The highest BCUT2D eigenvalue weighted by Gasteiger charge is 2.53. The summed E-state index contributed by atoms with van der Waals surface area (Å²) in [5, 5.41) is 120. The van der Waals surface area contributed by atoms with Crippen LogP contribution in [0.1, 0.15) is 200 Å². The molecule has 3 heterocycles. The molecule has 0 saturated carbocycles. The number of carbonyl (C=O) groups excluding carboxylic acids is 1. The zero-order valence-electron chi connectivity index (χ0n) is 58.9. The second-order valence-corrected chi connectivity index (χ2v) is 25.3. The van der Waals surface area contributed by atoms with Gasteiger partial charge in [-0.1, -0.05) is 230 Å². The first kappa shape index (κ1) is 87.6. The lowest BCUT2D eigenvalue weighted by atomic mass is 9.96. The molecule has 3 aliphatic heterocycles. The SMILES string of the molecule is CC/C=C\C/C=C\C/C=C\C/C=C\C/C=C\C/C=C\C/C=C\C/C=C\C/C=C\C/C=C\CCCCCCCCCCC(=O)NC(COC1OC(CO)C(OC2OC(CO)C(OC3OC(CO)C(O)C(O)C3O)C(O)C2O)C(O)C1O)C(O)/C=C/CC/C=C/CC/C=C/CCCCCC. The molecular weight excluding hydrogens is 1250 g/mol. The molecule has 1 amide bonds. The van der Waals surface area contributed by atoms with Crippen molar-refractivity contribution >= 4 is 5.91 Å². The van der Waals surface area contributed by atoms with Crippen LogP contribution < -0.4 is 5.32 Å². The fourth-order valence-electron chi connectivity index (χ4n) is 11.1. The highest BCUT2D eigenvalue weighted by atomic mass is 16.8. The summed E-state index contributed by atoms with van der Waals surface area (Å²) in [6.07, 6.45) is 58.0. The first-order valence-corrected chi connectivity index (χ1v) is 36.7. The molecule has 3 rings (SSSR count). The summed E-state index contributed by atoms with van der Waals surface area (Å²) in [4.78, 5) is 13.4. The monoisotopic (exact) mass is 1380 g/mol. The Morgan fingerprint density at radius 2 is 0.714 bits per heavy atom. The fraction of sp³-hybridized carbons (Fsp3) is 0.658. The van der Waals surface area contributed by atoms with E-state index < -0.39 is 124 Å². The van der Waals surface area contributed by atoms with Crippen molar-refractivity contribution in [1.29, 1.82) is 0 Å². The number of allylic oxidation sites excluding steroid dienone is 25.